The number of carbonyl (C=O) groups excluding carboxylic acids is 4. The van der Waals surface area contributed by atoms with Crippen LogP contribution in [0.4, 0.5) is 0 Å². The molecule has 0 saturated carbocycles. The van der Waals surface area contributed by atoms with Crippen LogP contribution in [0.1, 0.15) is 103 Å². The highest BCUT2D eigenvalue weighted by molar-refractivity contribution is 6.27. The molecule has 0 saturated heterocycles. The highest BCUT2D eigenvalue weighted by atomic mass is 16.2. The minimum atomic E-state index is -0.162. The first kappa shape index (κ1) is 32.8. The maximum atomic E-state index is 13.5. The van der Waals surface area contributed by atoms with Crippen LogP contribution in [0.2, 0.25) is 0 Å². The van der Waals surface area contributed by atoms with Gasteiger partial charge in [0, 0.05) is 46.1 Å². The van der Waals surface area contributed by atoms with Crippen molar-refractivity contribution in [3.8, 4) is 0 Å². The Morgan fingerprint density at radius 2 is 0.740 bits per heavy atom. The number of aryl methyl sites for hydroxylation is 4. The summed E-state index contributed by atoms with van der Waals surface area (Å²) in [6.07, 6.45) is 7.50. The Morgan fingerprint density at radius 1 is 0.440 bits per heavy atom. The third-order valence-electron chi connectivity index (χ3n) is 11.7. The Bertz CT molecular complexity index is 1800. The number of carbonyl (C=O) groups is 4. The molecule has 0 N–H and O–H groups in total. The second-order valence-electron chi connectivity index (χ2n) is 14.4. The Morgan fingerprint density at radius 3 is 1.04 bits per heavy atom. The molecule has 8 rings (SSSR count). The van der Waals surface area contributed by atoms with Gasteiger partial charge in [-0.15, -0.1) is 0 Å². The van der Waals surface area contributed by atoms with Gasteiger partial charge >= 0.3 is 0 Å². The van der Waals surface area contributed by atoms with Gasteiger partial charge in [0.2, 0.25) is 0 Å². The second-order valence-corrected chi connectivity index (χ2v) is 14.4. The summed E-state index contributed by atoms with van der Waals surface area (Å²) in [7, 11) is 0. The lowest BCUT2D eigenvalue weighted by molar-refractivity contribution is 0.0587. The third-order valence-corrected chi connectivity index (χ3v) is 11.7. The fourth-order valence-corrected chi connectivity index (χ4v) is 8.97. The zero-order chi connectivity index (χ0) is 34.5. The Hall–Kier alpha value is -4.40. The van der Waals surface area contributed by atoms with Crippen molar-refractivity contribution in [2.24, 2.45) is 0 Å². The van der Waals surface area contributed by atoms with E-state index in [1.54, 1.807) is 0 Å². The van der Waals surface area contributed by atoms with Crippen LogP contribution in [-0.2, 0) is 25.7 Å². The van der Waals surface area contributed by atoms with Crippen molar-refractivity contribution in [3.63, 3.8) is 0 Å². The number of benzene rings is 4. The molecule has 8 nitrogen and oxygen atoms in total. The van der Waals surface area contributed by atoms with E-state index in [0.717, 1.165) is 112 Å². The predicted octanol–water partition coefficient (Wildman–Crippen LogP) is 6.29. The van der Waals surface area contributed by atoms with Crippen molar-refractivity contribution in [1.29, 1.82) is 0 Å². The first-order valence-corrected chi connectivity index (χ1v) is 18.7. The van der Waals surface area contributed by atoms with Crippen LogP contribution in [-0.4, -0.2) is 95.6 Å². The van der Waals surface area contributed by atoms with Crippen LogP contribution in [0, 0.1) is 0 Å². The summed E-state index contributed by atoms with van der Waals surface area (Å²) in [5.41, 5.74) is 7.65. The second kappa shape index (κ2) is 13.4. The molecule has 0 radical (unpaired) electrons. The molecule has 0 atom stereocenters. The average molecular weight is 671 g/mol. The quantitative estimate of drug-likeness (QED) is 0.109. The molecule has 0 fully saturated rings. The molecule has 2 heterocycles. The lowest BCUT2D eigenvalue weighted by atomic mass is 9.91. The van der Waals surface area contributed by atoms with Crippen molar-refractivity contribution >= 4 is 45.2 Å². The van der Waals surface area contributed by atoms with Crippen LogP contribution < -0.4 is 0 Å². The van der Waals surface area contributed by atoms with Crippen molar-refractivity contribution in [1.82, 2.24) is 19.6 Å². The van der Waals surface area contributed by atoms with Gasteiger partial charge in [-0.1, -0.05) is 38.1 Å². The maximum absolute atomic E-state index is 13.5. The molecule has 0 aromatic heterocycles. The Balaban J connectivity index is 0.788. The van der Waals surface area contributed by atoms with E-state index < -0.39 is 0 Å². The summed E-state index contributed by atoms with van der Waals surface area (Å²) in [6.45, 7) is 10.6. The lowest BCUT2D eigenvalue weighted by Crippen LogP contribution is -2.42. The highest BCUT2D eigenvalue weighted by Crippen LogP contribution is 2.39. The number of hydrogen-bond donors (Lipinski definition) is 0. The first-order chi connectivity index (χ1) is 24.4. The molecule has 0 unspecified atom stereocenters. The first-order valence-electron chi connectivity index (χ1n) is 18.7. The van der Waals surface area contributed by atoms with Gasteiger partial charge in [-0.3, -0.25) is 29.0 Å². The standard InChI is InChI=1S/C42H46N4O4/c1-3-43(23-7-25-45-39(47)31-17-13-27-9-10-28-14-18-32(40(45)48)37(31)35(27)28)21-5-6-22-44(4-2)24-8-26-46-41(49)33-19-15-29-11-12-30-16-20-34(42(46)50)38(33)36(29)30/h13-20H,3-12,21-26H2,1-2H3. The molecule has 50 heavy (non-hydrogen) atoms. The van der Waals surface area contributed by atoms with Crippen LogP contribution in [0.3, 0.4) is 0 Å². The molecule has 4 aromatic carbocycles. The predicted molar refractivity (Wildman–Crippen MR) is 196 cm³/mol. The van der Waals surface area contributed by atoms with E-state index in [1.807, 2.05) is 24.3 Å². The summed E-state index contributed by atoms with van der Waals surface area (Å²) in [5, 5.41) is 3.99. The normalized spacial score (nSPS) is 16.1. The minimum Gasteiger partial charge on any atom is -0.304 e. The van der Waals surface area contributed by atoms with E-state index in [2.05, 4.69) is 47.9 Å². The summed E-state index contributed by atoms with van der Waals surface area (Å²) < 4.78 is 0. The summed E-state index contributed by atoms with van der Waals surface area (Å²) in [6, 6.07) is 16.0. The van der Waals surface area contributed by atoms with Gasteiger partial charge in [0.25, 0.3) is 23.6 Å². The fraction of sp³-hybridized carbons (Fsp3) is 0.429. The number of rotatable bonds is 15. The molecule has 8 heteroatoms. The number of unbranched alkanes of at least 4 members (excludes halogenated alkanes) is 1. The molecule has 4 aliphatic rings. The van der Waals surface area contributed by atoms with E-state index in [9.17, 15) is 19.2 Å². The fourth-order valence-electron chi connectivity index (χ4n) is 8.97. The van der Waals surface area contributed by atoms with Gasteiger partial charge in [-0.2, -0.15) is 0 Å². The van der Waals surface area contributed by atoms with Crippen LogP contribution in [0.15, 0.2) is 48.5 Å². The van der Waals surface area contributed by atoms with E-state index in [0.29, 0.717) is 35.3 Å². The largest absolute Gasteiger partial charge is 0.304 e. The van der Waals surface area contributed by atoms with E-state index in [1.165, 1.54) is 32.1 Å². The van der Waals surface area contributed by atoms with E-state index >= 15 is 0 Å². The highest BCUT2D eigenvalue weighted by Gasteiger charge is 2.36. The molecular weight excluding hydrogens is 624 g/mol. The molecule has 4 aromatic rings. The van der Waals surface area contributed by atoms with E-state index in [4.69, 9.17) is 0 Å². The summed E-state index contributed by atoms with van der Waals surface area (Å²) >= 11 is 0. The number of nitrogens with zero attached hydrogens (tertiary/aromatic N) is 4. The van der Waals surface area contributed by atoms with Crippen molar-refractivity contribution < 1.29 is 19.2 Å². The monoisotopic (exact) mass is 670 g/mol. The minimum absolute atomic E-state index is 0.162. The molecule has 2 aliphatic heterocycles. The van der Waals surface area contributed by atoms with Gasteiger partial charge in [-0.25, -0.2) is 0 Å². The topological polar surface area (TPSA) is 81.2 Å². The number of hydrogen-bond acceptors (Lipinski definition) is 6. The average Bonchev–Trinajstić information content (AvgIpc) is 3.76. The van der Waals surface area contributed by atoms with Gasteiger partial charge in [-0.05, 0) is 148 Å². The molecule has 258 valence electrons. The van der Waals surface area contributed by atoms with Gasteiger partial charge in [0.15, 0.2) is 0 Å². The maximum Gasteiger partial charge on any atom is 0.261 e. The van der Waals surface area contributed by atoms with Crippen LogP contribution >= 0.6 is 0 Å². The van der Waals surface area contributed by atoms with Crippen LogP contribution in [0.5, 0.6) is 0 Å². The zero-order valence-corrected chi connectivity index (χ0v) is 29.4. The molecule has 0 spiro atoms. The van der Waals surface area contributed by atoms with Gasteiger partial charge in [0.1, 0.15) is 0 Å². The van der Waals surface area contributed by atoms with Crippen molar-refractivity contribution in [2.45, 2.75) is 65.2 Å². The zero-order valence-electron chi connectivity index (χ0n) is 29.4. The Labute approximate surface area is 294 Å². The SMILES string of the molecule is CCN(CCCCN(CC)CCCN1C(=O)c2ccc3c4c(ccc(c24)C1=O)CC3)CCCN1C(=O)c2ccc3c4c(ccc(c24)C1=O)CC3. The smallest absolute Gasteiger partial charge is 0.261 e. The molecular formula is C42H46N4O4. The Kier molecular flexibility index (Phi) is 8.77. The van der Waals surface area contributed by atoms with Gasteiger partial charge < -0.3 is 9.80 Å². The van der Waals surface area contributed by atoms with Crippen molar-refractivity contribution in [3.05, 3.63) is 93.0 Å². The summed E-state index contributed by atoms with van der Waals surface area (Å²) in [4.78, 5) is 61.6. The molecule has 2 aliphatic carbocycles. The van der Waals surface area contributed by atoms with E-state index in [-0.39, 0.29) is 23.6 Å². The number of amides is 4. The van der Waals surface area contributed by atoms with Gasteiger partial charge in [0.05, 0.1) is 0 Å². The number of imide groups is 2. The van der Waals surface area contributed by atoms with Crippen LogP contribution in [0.25, 0.3) is 21.5 Å². The summed E-state index contributed by atoms with van der Waals surface area (Å²) in [5.74, 6) is -0.650. The third kappa shape index (κ3) is 5.44. The van der Waals surface area contributed by atoms with Crippen molar-refractivity contribution in [2.75, 3.05) is 52.4 Å². The molecule has 4 amide bonds. The molecule has 0 bridgehead atoms. The lowest BCUT2D eigenvalue weighted by Gasteiger charge is -2.29.